The molecule has 0 spiro atoms. The van der Waals surface area contributed by atoms with Crippen LogP contribution in [0.1, 0.15) is 11.1 Å². The van der Waals surface area contributed by atoms with Crippen LogP contribution in [0.4, 0.5) is 9.18 Å². The molecule has 1 heterocycles. The Hall–Kier alpha value is -2.75. The first kappa shape index (κ1) is 19.0. The van der Waals surface area contributed by atoms with Gasteiger partial charge in [0.05, 0.1) is 16.5 Å². The number of ether oxygens (including phenoxy) is 1. The number of halogens is 2. The number of carbonyl (C=O) groups is 2. The van der Waals surface area contributed by atoms with Gasteiger partial charge in [-0.15, -0.1) is 6.42 Å². The molecule has 4 nitrogen and oxygen atoms in total. The average molecular weight is 402 g/mol. The van der Waals surface area contributed by atoms with Gasteiger partial charge in [-0.3, -0.25) is 14.5 Å². The zero-order chi connectivity index (χ0) is 19.4. The summed E-state index contributed by atoms with van der Waals surface area (Å²) in [6, 6.07) is 10.6. The maximum Gasteiger partial charge on any atom is 0.293 e. The largest absolute Gasteiger partial charge is 0.479 e. The van der Waals surface area contributed by atoms with E-state index in [9.17, 15) is 14.0 Å². The first-order valence-electron chi connectivity index (χ1n) is 7.83. The van der Waals surface area contributed by atoms with Crippen LogP contribution in [0.3, 0.4) is 0 Å². The summed E-state index contributed by atoms with van der Waals surface area (Å²) in [6.45, 7) is 0.184. The molecule has 1 fully saturated rings. The minimum Gasteiger partial charge on any atom is -0.479 e. The molecule has 1 saturated heterocycles. The summed E-state index contributed by atoms with van der Waals surface area (Å²) in [7, 11) is 0. The summed E-state index contributed by atoms with van der Waals surface area (Å²) in [5, 5.41) is -0.0276. The Morgan fingerprint density at radius 2 is 1.96 bits per heavy atom. The number of benzene rings is 2. The second-order valence-electron chi connectivity index (χ2n) is 5.58. The van der Waals surface area contributed by atoms with Gasteiger partial charge in [0.1, 0.15) is 18.2 Å². The molecule has 0 aliphatic carbocycles. The Morgan fingerprint density at radius 1 is 1.22 bits per heavy atom. The van der Waals surface area contributed by atoms with Crippen molar-refractivity contribution < 1.29 is 18.7 Å². The SMILES string of the molecule is C#CCOc1ccc(/C=C2/SC(=O)N(Cc3ccc(F)cc3)C2=O)cc1Cl. The van der Waals surface area contributed by atoms with Gasteiger partial charge in [-0.05, 0) is 53.2 Å². The Labute approximate surface area is 165 Å². The molecule has 0 saturated carbocycles. The van der Waals surface area contributed by atoms with Gasteiger partial charge in [-0.25, -0.2) is 4.39 Å². The maximum absolute atomic E-state index is 13.0. The van der Waals surface area contributed by atoms with Crippen molar-refractivity contribution in [1.29, 1.82) is 0 Å². The van der Waals surface area contributed by atoms with Crippen molar-refractivity contribution in [3.8, 4) is 18.1 Å². The zero-order valence-corrected chi connectivity index (χ0v) is 15.5. The first-order valence-corrected chi connectivity index (χ1v) is 9.03. The third-order valence-electron chi connectivity index (χ3n) is 3.69. The van der Waals surface area contributed by atoms with Crippen molar-refractivity contribution in [2.45, 2.75) is 6.54 Å². The standard InChI is InChI=1S/C20H13ClFNO3S/c1-2-9-26-17-8-5-14(10-16(17)21)11-18-19(24)23(20(25)27-18)12-13-3-6-15(22)7-4-13/h1,3-8,10-11H,9,12H2/b18-11+. The van der Waals surface area contributed by atoms with Crippen molar-refractivity contribution in [2.24, 2.45) is 0 Å². The second-order valence-corrected chi connectivity index (χ2v) is 6.98. The number of amides is 2. The van der Waals surface area contributed by atoms with Gasteiger partial charge in [-0.2, -0.15) is 0 Å². The lowest BCUT2D eigenvalue weighted by atomic mass is 10.2. The minimum absolute atomic E-state index is 0.0852. The molecule has 0 radical (unpaired) electrons. The number of nitrogens with zero attached hydrogens (tertiary/aromatic N) is 1. The molecule has 0 atom stereocenters. The van der Waals surface area contributed by atoms with E-state index in [1.807, 2.05) is 0 Å². The predicted molar refractivity (Wildman–Crippen MR) is 104 cm³/mol. The minimum atomic E-state index is -0.405. The molecule has 2 aromatic rings. The third kappa shape index (κ3) is 4.51. The summed E-state index contributed by atoms with van der Waals surface area (Å²) in [6.07, 6.45) is 6.74. The average Bonchev–Trinajstić information content (AvgIpc) is 2.90. The molecular weight excluding hydrogens is 389 g/mol. The van der Waals surface area contributed by atoms with Crippen molar-refractivity contribution >= 4 is 40.6 Å². The Morgan fingerprint density at radius 3 is 2.63 bits per heavy atom. The number of thioether (sulfide) groups is 1. The summed E-state index contributed by atoms with van der Waals surface area (Å²) in [5.74, 6) is 2.01. The second kappa shape index (κ2) is 8.30. The van der Waals surface area contributed by atoms with E-state index in [4.69, 9.17) is 22.8 Å². The molecule has 7 heteroatoms. The van der Waals surface area contributed by atoms with Crippen molar-refractivity contribution in [2.75, 3.05) is 6.61 Å². The maximum atomic E-state index is 13.0. The molecule has 0 unspecified atom stereocenters. The normalized spacial score (nSPS) is 15.3. The third-order valence-corrected chi connectivity index (χ3v) is 4.89. The first-order chi connectivity index (χ1) is 13.0. The Bertz CT molecular complexity index is 966. The van der Waals surface area contributed by atoms with Crippen LogP contribution in [0.5, 0.6) is 5.75 Å². The highest BCUT2D eigenvalue weighted by molar-refractivity contribution is 8.18. The van der Waals surface area contributed by atoms with E-state index in [0.717, 1.165) is 16.7 Å². The van der Waals surface area contributed by atoms with Gasteiger partial charge in [-0.1, -0.05) is 35.7 Å². The van der Waals surface area contributed by atoms with Gasteiger partial charge in [0.2, 0.25) is 0 Å². The molecular formula is C20H13ClFNO3S. The molecule has 0 aromatic heterocycles. The van der Waals surface area contributed by atoms with Crippen LogP contribution >= 0.6 is 23.4 Å². The van der Waals surface area contributed by atoms with Crippen molar-refractivity contribution in [3.05, 3.63) is 69.3 Å². The quantitative estimate of drug-likeness (QED) is 0.537. The number of terminal acetylenes is 1. The van der Waals surface area contributed by atoms with Crippen LogP contribution < -0.4 is 4.74 Å². The molecule has 2 aromatic carbocycles. The van der Waals surface area contributed by atoms with Gasteiger partial charge in [0.25, 0.3) is 11.1 Å². The van der Waals surface area contributed by atoms with E-state index >= 15 is 0 Å². The number of hydrogen-bond donors (Lipinski definition) is 0. The smallest absolute Gasteiger partial charge is 0.293 e. The van der Waals surface area contributed by atoms with Crippen molar-refractivity contribution in [1.82, 2.24) is 4.90 Å². The van der Waals surface area contributed by atoms with Crippen LogP contribution in [0.15, 0.2) is 47.4 Å². The van der Waals surface area contributed by atoms with Crippen LogP contribution in [-0.2, 0) is 11.3 Å². The summed E-state index contributed by atoms with van der Waals surface area (Å²) in [5.41, 5.74) is 1.32. The predicted octanol–water partition coefficient (Wildman–Crippen LogP) is 4.73. The van der Waals surface area contributed by atoms with Crippen molar-refractivity contribution in [3.63, 3.8) is 0 Å². The Balaban J connectivity index is 1.76. The van der Waals surface area contributed by atoms with Crippen LogP contribution in [0.2, 0.25) is 5.02 Å². The summed E-state index contributed by atoms with van der Waals surface area (Å²) < 4.78 is 18.3. The van der Waals surface area contributed by atoms with Gasteiger partial charge >= 0.3 is 0 Å². The van der Waals surface area contributed by atoms with Crippen LogP contribution in [0, 0.1) is 18.2 Å². The molecule has 0 bridgehead atoms. The van der Waals surface area contributed by atoms with E-state index in [2.05, 4.69) is 5.92 Å². The molecule has 27 heavy (non-hydrogen) atoms. The molecule has 0 N–H and O–H groups in total. The molecule has 2 amide bonds. The fraction of sp³-hybridized carbons (Fsp3) is 0.100. The molecule has 136 valence electrons. The van der Waals surface area contributed by atoms with E-state index in [-0.39, 0.29) is 29.1 Å². The molecule has 3 rings (SSSR count). The Kier molecular flexibility index (Phi) is 5.84. The fourth-order valence-electron chi connectivity index (χ4n) is 2.40. The number of hydrogen-bond acceptors (Lipinski definition) is 4. The van der Waals surface area contributed by atoms with Gasteiger partial charge in [0.15, 0.2) is 0 Å². The van der Waals surface area contributed by atoms with Crippen LogP contribution in [0.25, 0.3) is 6.08 Å². The lowest BCUT2D eigenvalue weighted by Crippen LogP contribution is -2.27. The van der Waals surface area contributed by atoms with E-state index < -0.39 is 5.91 Å². The van der Waals surface area contributed by atoms with E-state index in [1.165, 1.54) is 24.3 Å². The highest BCUT2D eigenvalue weighted by atomic mass is 35.5. The lowest BCUT2D eigenvalue weighted by molar-refractivity contribution is -0.123. The topological polar surface area (TPSA) is 46.6 Å². The highest BCUT2D eigenvalue weighted by Gasteiger charge is 2.35. The summed E-state index contributed by atoms with van der Waals surface area (Å²) in [4.78, 5) is 26.1. The van der Waals surface area contributed by atoms with Gasteiger partial charge < -0.3 is 4.74 Å². The lowest BCUT2D eigenvalue weighted by Gasteiger charge is -2.12. The molecule has 1 aliphatic rings. The molecule has 1 aliphatic heterocycles. The highest BCUT2D eigenvalue weighted by Crippen LogP contribution is 2.34. The van der Waals surface area contributed by atoms with E-state index in [1.54, 1.807) is 24.3 Å². The monoisotopic (exact) mass is 401 g/mol. The number of carbonyl (C=O) groups excluding carboxylic acids is 2. The van der Waals surface area contributed by atoms with E-state index in [0.29, 0.717) is 21.9 Å². The number of rotatable bonds is 5. The summed E-state index contributed by atoms with van der Waals surface area (Å²) >= 11 is 6.99. The zero-order valence-electron chi connectivity index (χ0n) is 13.9. The fourth-order valence-corrected chi connectivity index (χ4v) is 3.49. The number of imide groups is 1. The van der Waals surface area contributed by atoms with Gasteiger partial charge in [0, 0.05) is 0 Å². The van der Waals surface area contributed by atoms with Crippen LogP contribution in [-0.4, -0.2) is 22.7 Å².